The first kappa shape index (κ1) is 16.6. The van der Waals surface area contributed by atoms with Gasteiger partial charge in [-0.3, -0.25) is 15.0 Å². The summed E-state index contributed by atoms with van der Waals surface area (Å²) < 4.78 is 24.5. The van der Waals surface area contributed by atoms with Gasteiger partial charge in [0.05, 0.1) is 17.7 Å². The van der Waals surface area contributed by atoms with Gasteiger partial charge in [-0.25, -0.2) is 13.4 Å². The number of benzene rings is 1. The molecule has 0 unspecified atom stereocenters. The normalized spacial score (nSPS) is 13.5. The first-order valence-corrected chi connectivity index (χ1v) is 9.34. The molecule has 0 radical (unpaired) electrons. The minimum Gasteiger partial charge on any atom is -0.326 e. The van der Waals surface area contributed by atoms with Crippen molar-refractivity contribution in [3.8, 4) is 0 Å². The molecule has 2 amide bonds. The third-order valence-electron chi connectivity index (χ3n) is 3.32. The zero-order chi connectivity index (χ0) is 17.3. The van der Waals surface area contributed by atoms with Crippen molar-refractivity contribution in [2.75, 3.05) is 5.32 Å². The number of carbonyl (C=O) groups is 2. The van der Waals surface area contributed by atoms with Crippen molar-refractivity contribution in [3.05, 3.63) is 39.8 Å². The van der Waals surface area contributed by atoms with Gasteiger partial charge in [-0.05, 0) is 30.7 Å². The van der Waals surface area contributed by atoms with Crippen molar-refractivity contribution in [2.24, 2.45) is 0 Å². The molecule has 3 rings (SSSR count). The lowest BCUT2D eigenvalue weighted by atomic mass is 10.2. The van der Waals surface area contributed by atoms with Crippen molar-refractivity contribution in [2.45, 2.75) is 24.7 Å². The van der Waals surface area contributed by atoms with Gasteiger partial charge in [-0.1, -0.05) is 0 Å². The Bertz CT molecular complexity index is 921. The Hall–Kier alpha value is -2.30. The zero-order valence-corrected chi connectivity index (χ0v) is 14.3. The van der Waals surface area contributed by atoms with Crippen LogP contribution in [0, 0.1) is 6.92 Å². The molecule has 1 aromatic heterocycles. The van der Waals surface area contributed by atoms with E-state index in [-0.39, 0.29) is 23.6 Å². The maximum atomic E-state index is 12.2. The van der Waals surface area contributed by atoms with Gasteiger partial charge in [-0.2, -0.15) is 0 Å². The van der Waals surface area contributed by atoms with Gasteiger partial charge in [-0.15, -0.1) is 16.2 Å². The highest BCUT2D eigenvalue weighted by Crippen LogP contribution is 2.25. The number of rotatable bonds is 5. The summed E-state index contributed by atoms with van der Waals surface area (Å²) in [6.45, 7) is 1.81. The van der Waals surface area contributed by atoms with Crippen LogP contribution in [0.25, 0.3) is 0 Å². The summed E-state index contributed by atoms with van der Waals surface area (Å²) in [6.07, 6.45) is 0.123. The summed E-state index contributed by atoms with van der Waals surface area (Å²) >= 11 is 1.33. The van der Waals surface area contributed by atoms with Gasteiger partial charge in [0.1, 0.15) is 5.01 Å². The number of anilines is 1. The summed E-state index contributed by atoms with van der Waals surface area (Å²) in [6, 6.07) is 4.30. The number of fused-ring (bicyclic) bond motifs is 1. The van der Waals surface area contributed by atoms with E-state index in [1.807, 2.05) is 17.1 Å². The molecule has 126 valence electrons. The molecule has 0 fully saturated rings. The Kier molecular flexibility index (Phi) is 4.35. The number of thiazole rings is 1. The van der Waals surface area contributed by atoms with Crippen LogP contribution in [-0.4, -0.2) is 25.2 Å². The predicted molar refractivity (Wildman–Crippen MR) is 87.8 cm³/mol. The first-order valence-electron chi connectivity index (χ1n) is 6.98. The highest BCUT2D eigenvalue weighted by atomic mass is 32.2. The number of aromatic nitrogens is 1. The largest absolute Gasteiger partial charge is 0.326 e. The van der Waals surface area contributed by atoms with Crippen molar-refractivity contribution in [1.82, 2.24) is 15.2 Å². The summed E-state index contributed by atoms with van der Waals surface area (Å²) in [5.41, 5.74) is 4.18. The van der Waals surface area contributed by atoms with E-state index in [9.17, 15) is 18.0 Å². The smallest absolute Gasteiger partial charge is 0.257 e. The molecule has 1 aromatic carbocycles. The van der Waals surface area contributed by atoms with E-state index < -0.39 is 15.9 Å². The van der Waals surface area contributed by atoms with Crippen molar-refractivity contribution < 1.29 is 18.0 Å². The van der Waals surface area contributed by atoms with Crippen LogP contribution >= 0.6 is 11.3 Å². The molecule has 24 heavy (non-hydrogen) atoms. The topological polar surface area (TPSA) is 117 Å². The molecular weight excluding hydrogens is 352 g/mol. The standard InChI is InChI=1S/C14H14N4O4S2/c1-8-7-23-14(15-8)6-13(20)17-18-24(21,22)10-2-3-11-9(4-10)5-12(19)16-11/h2-4,7,18H,5-6H2,1H3,(H,16,19)(H,17,20). The number of aryl methyl sites for hydroxylation is 1. The van der Waals surface area contributed by atoms with Crippen LogP contribution in [-0.2, 0) is 32.5 Å². The number of sulfonamides is 1. The monoisotopic (exact) mass is 366 g/mol. The van der Waals surface area contributed by atoms with Crippen LogP contribution in [0.15, 0.2) is 28.5 Å². The van der Waals surface area contributed by atoms with Crippen LogP contribution in [0.1, 0.15) is 16.3 Å². The Labute approximate surface area is 142 Å². The third-order valence-corrected chi connectivity index (χ3v) is 5.53. The number of nitrogens with zero attached hydrogens (tertiary/aromatic N) is 1. The number of amides is 2. The van der Waals surface area contributed by atoms with Gasteiger partial charge >= 0.3 is 0 Å². The van der Waals surface area contributed by atoms with Crippen LogP contribution in [0.3, 0.4) is 0 Å². The highest BCUT2D eigenvalue weighted by molar-refractivity contribution is 7.89. The predicted octanol–water partition coefficient (Wildman–Crippen LogP) is 0.498. The minimum absolute atomic E-state index is 0.0103. The second-order valence-electron chi connectivity index (χ2n) is 5.26. The Morgan fingerprint density at radius 3 is 2.92 bits per heavy atom. The SMILES string of the molecule is Cc1csc(CC(=O)NNS(=O)(=O)c2ccc3c(c2)CC(=O)N3)n1. The van der Waals surface area contributed by atoms with E-state index in [4.69, 9.17) is 0 Å². The van der Waals surface area contributed by atoms with Gasteiger partial charge in [0.2, 0.25) is 11.8 Å². The van der Waals surface area contributed by atoms with E-state index in [2.05, 4.69) is 15.7 Å². The molecule has 0 atom stereocenters. The van der Waals surface area contributed by atoms with Crippen molar-refractivity contribution in [1.29, 1.82) is 0 Å². The summed E-state index contributed by atoms with van der Waals surface area (Å²) in [7, 11) is -3.92. The summed E-state index contributed by atoms with van der Waals surface area (Å²) in [5, 5.41) is 5.04. The maximum absolute atomic E-state index is 12.2. The van der Waals surface area contributed by atoms with Gasteiger partial charge < -0.3 is 5.32 Å². The minimum atomic E-state index is -3.92. The number of hydrogen-bond acceptors (Lipinski definition) is 6. The molecule has 2 aromatic rings. The number of hydrogen-bond donors (Lipinski definition) is 3. The summed E-state index contributed by atoms with van der Waals surface area (Å²) in [4.78, 5) is 29.3. The molecule has 0 spiro atoms. The second-order valence-corrected chi connectivity index (χ2v) is 7.88. The Morgan fingerprint density at radius 1 is 1.42 bits per heavy atom. The quantitative estimate of drug-likeness (QED) is 0.666. The fourth-order valence-electron chi connectivity index (χ4n) is 2.22. The highest BCUT2D eigenvalue weighted by Gasteiger charge is 2.22. The van der Waals surface area contributed by atoms with Crippen LogP contribution in [0.4, 0.5) is 5.69 Å². The molecule has 8 nitrogen and oxygen atoms in total. The maximum Gasteiger partial charge on any atom is 0.257 e. The van der Waals surface area contributed by atoms with Gasteiger partial charge in [0.25, 0.3) is 10.0 Å². The van der Waals surface area contributed by atoms with Crippen LogP contribution < -0.4 is 15.6 Å². The first-order chi connectivity index (χ1) is 11.3. The summed E-state index contributed by atoms with van der Waals surface area (Å²) in [5.74, 6) is -0.689. The van der Waals surface area contributed by atoms with Gasteiger partial charge in [0, 0.05) is 16.8 Å². The van der Waals surface area contributed by atoms with Crippen molar-refractivity contribution in [3.63, 3.8) is 0 Å². The van der Waals surface area contributed by atoms with E-state index in [1.165, 1.54) is 29.5 Å². The third kappa shape index (κ3) is 3.61. The fourth-order valence-corrected chi connectivity index (χ4v) is 3.90. The molecule has 2 heterocycles. The molecule has 0 saturated heterocycles. The Balaban J connectivity index is 1.65. The molecule has 0 bridgehead atoms. The number of carbonyl (C=O) groups excluding carboxylic acids is 2. The lowest BCUT2D eigenvalue weighted by Crippen LogP contribution is -2.42. The number of nitrogens with one attached hydrogen (secondary N) is 3. The molecule has 0 aliphatic carbocycles. The van der Waals surface area contributed by atoms with E-state index in [0.29, 0.717) is 16.3 Å². The number of hydrazine groups is 1. The molecule has 10 heteroatoms. The van der Waals surface area contributed by atoms with E-state index in [0.717, 1.165) is 5.69 Å². The second kappa shape index (κ2) is 6.30. The van der Waals surface area contributed by atoms with Crippen LogP contribution in [0.5, 0.6) is 0 Å². The molecular formula is C14H14N4O4S2. The fraction of sp³-hybridized carbons (Fsp3) is 0.214. The lowest BCUT2D eigenvalue weighted by molar-refractivity contribution is -0.121. The lowest BCUT2D eigenvalue weighted by Gasteiger charge is -2.09. The van der Waals surface area contributed by atoms with E-state index >= 15 is 0 Å². The average Bonchev–Trinajstić information content (AvgIpc) is 3.09. The molecule has 1 aliphatic rings. The molecule has 3 N–H and O–H groups in total. The van der Waals surface area contributed by atoms with Gasteiger partial charge in [0.15, 0.2) is 0 Å². The zero-order valence-electron chi connectivity index (χ0n) is 12.6. The average molecular weight is 366 g/mol. The van der Waals surface area contributed by atoms with Crippen molar-refractivity contribution >= 4 is 38.9 Å². The molecule has 1 aliphatic heterocycles. The van der Waals surface area contributed by atoms with E-state index in [1.54, 1.807) is 0 Å². The van der Waals surface area contributed by atoms with Crippen LogP contribution in [0.2, 0.25) is 0 Å². The molecule has 0 saturated carbocycles. The Morgan fingerprint density at radius 2 is 2.21 bits per heavy atom.